The van der Waals surface area contributed by atoms with Gasteiger partial charge in [0.2, 0.25) is 0 Å². The van der Waals surface area contributed by atoms with Crippen LogP contribution in [0.2, 0.25) is 0 Å². The molecule has 0 N–H and O–H groups in total. The van der Waals surface area contributed by atoms with Crippen LogP contribution in [-0.4, -0.2) is 30.0 Å². The molecule has 0 aliphatic rings. The van der Waals surface area contributed by atoms with Gasteiger partial charge in [-0.1, -0.05) is 20.8 Å². The molecule has 0 fully saturated rings. The molecular weight excluding hydrogens is 268 g/mol. The minimum atomic E-state index is -0.437. The van der Waals surface area contributed by atoms with Crippen LogP contribution in [-0.2, 0) is 10.2 Å². The second kappa shape index (κ2) is 5.60. The standard InChI is InChI=1S/C16H20N2O3/c1-16(2,3)14-10-13(15(19)21-5)17-18(14)11-6-8-12(20-4)9-7-11/h6-10H,1-5H3. The Labute approximate surface area is 124 Å². The Morgan fingerprint density at radius 3 is 2.24 bits per heavy atom. The van der Waals surface area contributed by atoms with Gasteiger partial charge in [-0.2, -0.15) is 5.10 Å². The van der Waals surface area contributed by atoms with E-state index in [-0.39, 0.29) is 5.41 Å². The van der Waals surface area contributed by atoms with E-state index < -0.39 is 5.97 Å². The van der Waals surface area contributed by atoms with Crippen LogP contribution < -0.4 is 4.74 Å². The SMILES string of the molecule is COC(=O)c1cc(C(C)(C)C)n(-c2ccc(OC)cc2)n1. The van der Waals surface area contributed by atoms with Crippen molar-refractivity contribution in [2.24, 2.45) is 0 Å². The fourth-order valence-electron chi connectivity index (χ4n) is 2.04. The Bertz CT molecular complexity index is 637. The van der Waals surface area contributed by atoms with Crippen LogP contribution in [0.5, 0.6) is 5.75 Å². The molecule has 0 bridgehead atoms. The number of rotatable bonds is 3. The summed E-state index contributed by atoms with van der Waals surface area (Å²) in [6, 6.07) is 9.31. The molecule has 2 aromatic rings. The molecule has 0 unspecified atom stereocenters. The fourth-order valence-corrected chi connectivity index (χ4v) is 2.04. The van der Waals surface area contributed by atoms with Gasteiger partial charge in [-0.05, 0) is 30.3 Å². The van der Waals surface area contributed by atoms with Gasteiger partial charge in [-0.3, -0.25) is 0 Å². The molecule has 0 atom stereocenters. The number of benzene rings is 1. The number of carbonyl (C=O) groups excluding carboxylic acids is 1. The number of methoxy groups -OCH3 is 2. The predicted molar refractivity (Wildman–Crippen MR) is 80.2 cm³/mol. The maximum absolute atomic E-state index is 11.7. The Balaban J connectivity index is 2.54. The molecule has 0 radical (unpaired) electrons. The van der Waals surface area contributed by atoms with Gasteiger partial charge in [0.25, 0.3) is 0 Å². The van der Waals surface area contributed by atoms with Gasteiger partial charge < -0.3 is 9.47 Å². The van der Waals surface area contributed by atoms with E-state index in [1.54, 1.807) is 17.9 Å². The molecule has 5 nitrogen and oxygen atoms in total. The van der Waals surface area contributed by atoms with Crippen molar-refractivity contribution in [2.45, 2.75) is 26.2 Å². The van der Waals surface area contributed by atoms with Crippen molar-refractivity contribution in [3.05, 3.63) is 41.7 Å². The summed E-state index contributed by atoms with van der Waals surface area (Å²) >= 11 is 0. The first-order chi connectivity index (χ1) is 9.86. The topological polar surface area (TPSA) is 53.4 Å². The molecular formula is C16H20N2O3. The fraction of sp³-hybridized carbons (Fsp3) is 0.375. The summed E-state index contributed by atoms with van der Waals surface area (Å²) in [5, 5.41) is 4.37. The van der Waals surface area contributed by atoms with Crippen molar-refractivity contribution in [3.8, 4) is 11.4 Å². The minimum Gasteiger partial charge on any atom is -0.497 e. The van der Waals surface area contributed by atoms with E-state index in [1.807, 2.05) is 24.3 Å². The number of carbonyl (C=O) groups is 1. The molecule has 1 aromatic heterocycles. The summed E-state index contributed by atoms with van der Waals surface area (Å²) in [5.41, 5.74) is 1.96. The Morgan fingerprint density at radius 1 is 1.14 bits per heavy atom. The first-order valence-corrected chi connectivity index (χ1v) is 6.70. The van der Waals surface area contributed by atoms with Crippen LogP contribution in [0.3, 0.4) is 0 Å². The summed E-state index contributed by atoms with van der Waals surface area (Å²) in [6.45, 7) is 6.22. The lowest BCUT2D eigenvalue weighted by molar-refractivity contribution is 0.0593. The van der Waals surface area contributed by atoms with Crippen molar-refractivity contribution < 1.29 is 14.3 Å². The van der Waals surface area contributed by atoms with E-state index in [0.29, 0.717) is 5.69 Å². The van der Waals surface area contributed by atoms with E-state index in [1.165, 1.54) is 7.11 Å². The van der Waals surface area contributed by atoms with Crippen molar-refractivity contribution in [1.82, 2.24) is 9.78 Å². The number of esters is 1. The lowest BCUT2D eigenvalue weighted by Crippen LogP contribution is -2.17. The highest BCUT2D eigenvalue weighted by molar-refractivity contribution is 5.87. The Kier molecular flexibility index (Phi) is 4.02. The zero-order valence-corrected chi connectivity index (χ0v) is 13.0. The third kappa shape index (κ3) is 3.07. The molecule has 2 rings (SSSR count). The normalized spacial score (nSPS) is 11.3. The second-order valence-corrected chi connectivity index (χ2v) is 5.77. The molecule has 0 saturated carbocycles. The highest BCUT2D eigenvalue weighted by Gasteiger charge is 2.24. The molecule has 0 amide bonds. The number of aromatic nitrogens is 2. The number of ether oxygens (including phenoxy) is 2. The summed E-state index contributed by atoms with van der Waals surface area (Å²) in [6.07, 6.45) is 0. The number of nitrogens with zero attached hydrogens (tertiary/aromatic N) is 2. The smallest absolute Gasteiger partial charge is 0.358 e. The third-order valence-electron chi connectivity index (χ3n) is 3.19. The van der Waals surface area contributed by atoms with Gasteiger partial charge in [0.1, 0.15) is 5.75 Å². The van der Waals surface area contributed by atoms with Crippen LogP contribution >= 0.6 is 0 Å². The van der Waals surface area contributed by atoms with Crippen LogP contribution in [0.15, 0.2) is 30.3 Å². The molecule has 112 valence electrons. The first-order valence-electron chi connectivity index (χ1n) is 6.70. The molecule has 21 heavy (non-hydrogen) atoms. The summed E-state index contributed by atoms with van der Waals surface area (Å²) in [7, 11) is 2.98. The van der Waals surface area contributed by atoms with Gasteiger partial charge in [0.05, 0.1) is 25.6 Å². The first kappa shape index (κ1) is 15.1. The van der Waals surface area contributed by atoms with Gasteiger partial charge in [-0.15, -0.1) is 0 Å². The van der Waals surface area contributed by atoms with Crippen LogP contribution in [0.4, 0.5) is 0 Å². The van der Waals surface area contributed by atoms with Crippen LogP contribution in [0.1, 0.15) is 37.0 Å². The Hall–Kier alpha value is -2.30. The minimum absolute atomic E-state index is 0.154. The van der Waals surface area contributed by atoms with Crippen molar-refractivity contribution in [3.63, 3.8) is 0 Å². The van der Waals surface area contributed by atoms with E-state index in [4.69, 9.17) is 9.47 Å². The number of hydrogen-bond acceptors (Lipinski definition) is 4. The van der Waals surface area contributed by atoms with Gasteiger partial charge in [0.15, 0.2) is 5.69 Å². The highest BCUT2D eigenvalue weighted by Crippen LogP contribution is 2.27. The largest absolute Gasteiger partial charge is 0.497 e. The highest BCUT2D eigenvalue weighted by atomic mass is 16.5. The van der Waals surface area contributed by atoms with Crippen molar-refractivity contribution >= 4 is 5.97 Å². The second-order valence-electron chi connectivity index (χ2n) is 5.77. The molecule has 1 heterocycles. The molecule has 5 heteroatoms. The summed E-state index contributed by atoms with van der Waals surface area (Å²) in [4.78, 5) is 11.7. The maximum Gasteiger partial charge on any atom is 0.358 e. The van der Waals surface area contributed by atoms with Crippen LogP contribution in [0.25, 0.3) is 5.69 Å². The lowest BCUT2D eigenvalue weighted by atomic mass is 9.91. The zero-order chi connectivity index (χ0) is 15.6. The molecule has 0 aliphatic heterocycles. The van der Waals surface area contributed by atoms with Gasteiger partial charge in [-0.25, -0.2) is 9.48 Å². The number of hydrogen-bond donors (Lipinski definition) is 0. The molecule has 1 aromatic carbocycles. The molecule has 0 spiro atoms. The van der Waals surface area contributed by atoms with Gasteiger partial charge in [0, 0.05) is 5.41 Å². The monoisotopic (exact) mass is 288 g/mol. The average molecular weight is 288 g/mol. The average Bonchev–Trinajstić information content (AvgIpc) is 2.92. The van der Waals surface area contributed by atoms with E-state index in [2.05, 4.69) is 25.9 Å². The third-order valence-corrected chi connectivity index (χ3v) is 3.19. The quantitative estimate of drug-likeness (QED) is 0.815. The van der Waals surface area contributed by atoms with E-state index >= 15 is 0 Å². The van der Waals surface area contributed by atoms with Crippen molar-refractivity contribution in [1.29, 1.82) is 0 Å². The molecule has 0 aliphatic carbocycles. The lowest BCUT2D eigenvalue weighted by Gasteiger charge is -2.20. The maximum atomic E-state index is 11.7. The zero-order valence-electron chi connectivity index (χ0n) is 13.0. The summed E-state index contributed by atoms with van der Waals surface area (Å²) in [5.74, 6) is 0.337. The molecule has 0 saturated heterocycles. The van der Waals surface area contributed by atoms with Crippen LogP contribution in [0, 0.1) is 0 Å². The summed E-state index contributed by atoms with van der Waals surface area (Å²) < 4.78 is 11.7. The van der Waals surface area contributed by atoms with E-state index in [0.717, 1.165) is 17.1 Å². The Morgan fingerprint density at radius 2 is 1.76 bits per heavy atom. The van der Waals surface area contributed by atoms with Crippen molar-refractivity contribution in [2.75, 3.05) is 14.2 Å². The van der Waals surface area contributed by atoms with Gasteiger partial charge >= 0.3 is 5.97 Å². The predicted octanol–water partition coefficient (Wildman–Crippen LogP) is 2.97. The van der Waals surface area contributed by atoms with E-state index in [9.17, 15) is 4.79 Å².